The van der Waals surface area contributed by atoms with Gasteiger partial charge in [0.1, 0.15) is 18.0 Å². The molecule has 1 amide bonds. The maximum Gasteiger partial charge on any atom is 0.414 e. The molecule has 3 aromatic rings. The van der Waals surface area contributed by atoms with Crippen LogP contribution in [0.5, 0.6) is 5.75 Å². The number of carbonyl (C=O) groups excluding carboxylic acids is 1. The third-order valence-corrected chi connectivity index (χ3v) is 5.17. The Morgan fingerprint density at radius 3 is 2.52 bits per heavy atom. The van der Waals surface area contributed by atoms with Crippen molar-refractivity contribution in [3.63, 3.8) is 0 Å². The van der Waals surface area contributed by atoms with Gasteiger partial charge in [-0.2, -0.15) is 0 Å². The van der Waals surface area contributed by atoms with Crippen LogP contribution in [-0.2, 0) is 17.8 Å². The van der Waals surface area contributed by atoms with Gasteiger partial charge in [0.2, 0.25) is 0 Å². The minimum Gasteiger partial charge on any atom is -0.489 e. The minimum absolute atomic E-state index is 0.311. The van der Waals surface area contributed by atoms with Crippen LogP contribution in [0.4, 0.5) is 16.2 Å². The Morgan fingerprint density at radius 1 is 1.03 bits per heavy atom. The third kappa shape index (κ3) is 4.82. The Labute approximate surface area is 183 Å². The summed E-state index contributed by atoms with van der Waals surface area (Å²) in [7, 11) is 0. The van der Waals surface area contributed by atoms with Crippen molar-refractivity contribution in [2.75, 3.05) is 17.2 Å². The summed E-state index contributed by atoms with van der Waals surface area (Å²) in [5.41, 5.74) is 11.6. The van der Waals surface area contributed by atoms with Crippen LogP contribution >= 0.6 is 0 Å². The van der Waals surface area contributed by atoms with Crippen molar-refractivity contribution in [3.05, 3.63) is 77.9 Å². The van der Waals surface area contributed by atoms with E-state index in [4.69, 9.17) is 15.2 Å². The zero-order valence-corrected chi connectivity index (χ0v) is 18.2. The first-order valence-corrected chi connectivity index (χ1v) is 10.5. The van der Waals surface area contributed by atoms with Crippen molar-refractivity contribution in [1.29, 1.82) is 0 Å². The maximum absolute atomic E-state index is 12.4. The van der Waals surface area contributed by atoms with E-state index in [1.54, 1.807) is 4.90 Å². The predicted molar refractivity (Wildman–Crippen MR) is 124 cm³/mol. The number of rotatable bonds is 4. The van der Waals surface area contributed by atoms with Crippen LogP contribution in [0.25, 0.3) is 11.1 Å². The SMILES string of the molecule is CC(C)(C)OC(=O)N1CCc2cc(OCc3ccc(-c4ccccc4)c(N)c3)ccc21. The molecule has 5 nitrogen and oxygen atoms in total. The van der Waals surface area contributed by atoms with Crippen LogP contribution in [0, 0.1) is 0 Å². The van der Waals surface area contributed by atoms with E-state index < -0.39 is 5.60 Å². The highest BCUT2D eigenvalue weighted by atomic mass is 16.6. The number of hydrogen-bond acceptors (Lipinski definition) is 4. The molecule has 5 heteroatoms. The Kier molecular flexibility index (Phi) is 5.59. The summed E-state index contributed by atoms with van der Waals surface area (Å²) in [6, 6.07) is 21.9. The molecule has 2 N–H and O–H groups in total. The van der Waals surface area contributed by atoms with Gasteiger partial charge in [-0.05, 0) is 68.1 Å². The number of carbonyl (C=O) groups is 1. The first-order chi connectivity index (χ1) is 14.8. The summed E-state index contributed by atoms with van der Waals surface area (Å²) < 4.78 is 11.5. The van der Waals surface area contributed by atoms with Crippen LogP contribution in [0.15, 0.2) is 66.7 Å². The van der Waals surface area contributed by atoms with Crippen molar-refractivity contribution in [1.82, 2.24) is 0 Å². The van der Waals surface area contributed by atoms with Crippen molar-refractivity contribution in [3.8, 4) is 16.9 Å². The van der Waals surface area contributed by atoms with Crippen LogP contribution < -0.4 is 15.4 Å². The number of nitrogens with two attached hydrogens (primary N) is 1. The van der Waals surface area contributed by atoms with Gasteiger partial charge in [0.15, 0.2) is 0 Å². The molecule has 0 aliphatic carbocycles. The van der Waals surface area contributed by atoms with Gasteiger partial charge in [-0.25, -0.2) is 4.79 Å². The molecule has 0 saturated carbocycles. The van der Waals surface area contributed by atoms with Gasteiger partial charge in [-0.1, -0.05) is 42.5 Å². The van der Waals surface area contributed by atoms with Gasteiger partial charge in [-0.3, -0.25) is 4.90 Å². The molecule has 0 bridgehead atoms. The summed E-state index contributed by atoms with van der Waals surface area (Å²) in [6.07, 6.45) is 0.471. The molecule has 0 unspecified atom stereocenters. The van der Waals surface area contributed by atoms with Crippen LogP contribution in [-0.4, -0.2) is 18.2 Å². The van der Waals surface area contributed by atoms with E-state index >= 15 is 0 Å². The summed E-state index contributed by atoms with van der Waals surface area (Å²) in [4.78, 5) is 14.1. The van der Waals surface area contributed by atoms with Gasteiger partial charge >= 0.3 is 6.09 Å². The Hall–Kier alpha value is -3.47. The zero-order chi connectivity index (χ0) is 22.0. The van der Waals surface area contributed by atoms with E-state index in [1.165, 1.54) is 0 Å². The second-order valence-electron chi connectivity index (χ2n) is 8.75. The summed E-state index contributed by atoms with van der Waals surface area (Å²) in [6.45, 7) is 6.66. The van der Waals surface area contributed by atoms with Crippen molar-refractivity contribution >= 4 is 17.5 Å². The number of benzene rings is 3. The number of nitrogens with zero attached hydrogens (tertiary/aromatic N) is 1. The number of hydrogen-bond donors (Lipinski definition) is 1. The molecule has 1 heterocycles. The molecule has 3 aromatic carbocycles. The van der Waals surface area contributed by atoms with Crippen LogP contribution in [0.1, 0.15) is 31.9 Å². The van der Waals surface area contributed by atoms with Crippen molar-refractivity contribution < 1.29 is 14.3 Å². The standard InChI is InChI=1S/C26H28N2O3/c1-26(2,3)31-25(29)28-14-13-20-16-21(10-12-24(20)28)30-17-18-9-11-22(23(27)15-18)19-7-5-4-6-8-19/h4-12,15-16H,13-14,17,27H2,1-3H3. The molecule has 1 aliphatic heterocycles. The molecule has 0 saturated heterocycles. The quantitative estimate of drug-likeness (QED) is 0.545. The topological polar surface area (TPSA) is 64.8 Å². The number of ether oxygens (including phenoxy) is 2. The van der Waals surface area contributed by atoms with Gasteiger partial charge in [-0.15, -0.1) is 0 Å². The normalized spacial score (nSPS) is 13.1. The van der Waals surface area contributed by atoms with Crippen LogP contribution in [0.3, 0.4) is 0 Å². The van der Waals surface area contributed by atoms with Gasteiger partial charge < -0.3 is 15.2 Å². The second-order valence-corrected chi connectivity index (χ2v) is 8.75. The fraction of sp³-hybridized carbons (Fsp3) is 0.269. The first kappa shape index (κ1) is 20.8. The molecular weight excluding hydrogens is 388 g/mol. The van der Waals surface area contributed by atoms with Gasteiger partial charge in [0, 0.05) is 17.8 Å². The van der Waals surface area contributed by atoms with Gasteiger partial charge in [0.25, 0.3) is 0 Å². The van der Waals surface area contributed by atoms with Gasteiger partial charge in [0.05, 0.1) is 5.69 Å². The zero-order valence-electron chi connectivity index (χ0n) is 18.2. The highest BCUT2D eigenvalue weighted by molar-refractivity contribution is 5.90. The summed E-state index contributed by atoms with van der Waals surface area (Å²) >= 11 is 0. The molecule has 31 heavy (non-hydrogen) atoms. The van der Waals surface area contributed by atoms with E-state index in [0.29, 0.717) is 13.2 Å². The molecule has 0 atom stereocenters. The van der Waals surface area contributed by atoms with E-state index in [0.717, 1.165) is 45.8 Å². The Morgan fingerprint density at radius 2 is 1.81 bits per heavy atom. The highest BCUT2D eigenvalue weighted by Gasteiger charge is 2.29. The highest BCUT2D eigenvalue weighted by Crippen LogP contribution is 2.33. The van der Waals surface area contributed by atoms with Crippen LogP contribution in [0.2, 0.25) is 0 Å². The van der Waals surface area contributed by atoms with Crippen molar-refractivity contribution in [2.45, 2.75) is 39.4 Å². The van der Waals surface area contributed by atoms with E-state index in [9.17, 15) is 4.79 Å². The lowest BCUT2D eigenvalue weighted by atomic mass is 10.0. The average molecular weight is 417 g/mol. The lowest BCUT2D eigenvalue weighted by Gasteiger charge is -2.24. The lowest BCUT2D eigenvalue weighted by molar-refractivity contribution is 0.0584. The molecule has 0 aromatic heterocycles. The molecule has 4 rings (SSSR count). The first-order valence-electron chi connectivity index (χ1n) is 10.5. The molecule has 0 fully saturated rings. The average Bonchev–Trinajstić information content (AvgIpc) is 3.15. The number of fused-ring (bicyclic) bond motifs is 1. The lowest BCUT2D eigenvalue weighted by Crippen LogP contribution is -2.35. The van der Waals surface area contributed by atoms with Crippen molar-refractivity contribution in [2.24, 2.45) is 0 Å². The Bertz CT molecular complexity index is 1090. The summed E-state index contributed by atoms with van der Waals surface area (Å²) in [5.74, 6) is 0.774. The summed E-state index contributed by atoms with van der Waals surface area (Å²) in [5, 5.41) is 0. The number of nitrogen functional groups attached to an aromatic ring is 1. The second kappa shape index (κ2) is 8.34. The monoisotopic (exact) mass is 416 g/mol. The molecule has 0 radical (unpaired) electrons. The third-order valence-electron chi connectivity index (χ3n) is 5.17. The number of amides is 1. The largest absolute Gasteiger partial charge is 0.489 e. The molecule has 160 valence electrons. The molecule has 1 aliphatic rings. The van der Waals surface area contributed by atoms with E-state index in [2.05, 4.69) is 0 Å². The predicted octanol–water partition coefficient (Wildman–Crippen LogP) is 5.81. The number of anilines is 2. The van der Waals surface area contributed by atoms with E-state index in [-0.39, 0.29) is 6.09 Å². The fourth-order valence-electron chi connectivity index (χ4n) is 3.72. The molecular formula is C26H28N2O3. The van der Waals surface area contributed by atoms with E-state index in [1.807, 2.05) is 87.5 Å². The maximum atomic E-state index is 12.4. The smallest absolute Gasteiger partial charge is 0.414 e. The minimum atomic E-state index is -0.513. The molecule has 0 spiro atoms. The fourth-order valence-corrected chi connectivity index (χ4v) is 3.72. The Balaban J connectivity index is 1.42.